The molecule has 0 radical (unpaired) electrons. The second kappa shape index (κ2) is 9.54. The molecule has 2 heterocycles. The number of hydrogen-bond donors (Lipinski definition) is 2. The standard InChI is InChI=1S/C22H32N4O2/c1-26(18-8-11-27-12-9-18)10-13-28-19-5-2-4-17(14-19)15-23-21-6-3-7-22-20(21)16-24-25-22/h2,4-5,14,16,18,21,23H,3,6-13,15H2,1H3,(H,24,25). The molecule has 2 N–H and O–H groups in total. The molecule has 1 aliphatic carbocycles. The second-order valence-electron chi connectivity index (χ2n) is 7.95. The average molecular weight is 385 g/mol. The summed E-state index contributed by atoms with van der Waals surface area (Å²) in [4.78, 5) is 2.40. The van der Waals surface area contributed by atoms with Crippen molar-refractivity contribution in [2.24, 2.45) is 0 Å². The molecule has 2 aromatic rings. The number of aromatic nitrogens is 2. The molecule has 6 heteroatoms. The first-order chi connectivity index (χ1) is 13.8. The molecule has 0 saturated carbocycles. The van der Waals surface area contributed by atoms with Gasteiger partial charge in [0, 0.05) is 49.6 Å². The molecule has 2 aliphatic rings. The molecule has 1 fully saturated rings. The molecule has 1 saturated heterocycles. The van der Waals surface area contributed by atoms with Gasteiger partial charge in [-0.2, -0.15) is 5.10 Å². The minimum absolute atomic E-state index is 0.389. The Morgan fingerprint density at radius 3 is 3.07 bits per heavy atom. The number of rotatable bonds is 8. The third kappa shape index (κ3) is 4.93. The van der Waals surface area contributed by atoms with Crippen LogP contribution in [0.5, 0.6) is 5.75 Å². The van der Waals surface area contributed by atoms with Crippen molar-refractivity contribution in [1.29, 1.82) is 0 Å². The Bertz CT molecular complexity index is 742. The topological polar surface area (TPSA) is 62.4 Å². The fraction of sp³-hybridized carbons (Fsp3) is 0.591. The number of aromatic amines is 1. The first-order valence-electron chi connectivity index (χ1n) is 10.5. The van der Waals surface area contributed by atoms with E-state index in [9.17, 15) is 0 Å². The van der Waals surface area contributed by atoms with Crippen molar-refractivity contribution in [3.8, 4) is 5.75 Å². The van der Waals surface area contributed by atoms with Gasteiger partial charge in [-0.15, -0.1) is 0 Å². The van der Waals surface area contributed by atoms with Gasteiger partial charge in [0.15, 0.2) is 0 Å². The second-order valence-corrected chi connectivity index (χ2v) is 7.95. The fourth-order valence-electron chi connectivity index (χ4n) is 4.28. The van der Waals surface area contributed by atoms with Gasteiger partial charge in [0.1, 0.15) is 12.4 Å². The number of hydrogen-bond acceptors (Lipinski definition) is 5. The zero-order valence-electron chi connectivity index (χ0n) is 16.8. The van der Waals surface area contributed by atoms with E-state index in [1.165, 1.54) is 29.7 Å². The van der Waals surface area contributed by atoms with Crippen molar-refractivity contribution >= 4 is 0 Å². The number of nitrogens with zero attached hydrogens (tertiary/aromatic N) is 2. The van der Waals surface area contributed by atoms with E-state index in [1.54, 1.807) is 0 Å². The number of ether oxygens (including phenoxy) is 2. The highest BCUT2D eigenvalue weighted by Crippen LogP contribution is 2.28. The largest absolute Gasteiger partial charge is 0.492 e. The maximum absolute atomic E-state index is 6.03. The molecule has 0 bridgehead atoms. The predicted molar refractivity (Wildman–Crippen MR) is 110 cm³/mol. The molecule has 0 amide bonds. The summed E-state index contributed by atoms with van der Waals surface area (Å²) >= 11 is 0. The maximum atomic E-state index is 6.03. The number of benzene rings is 1. The van der Waals surface area contributed by atoms with Gasteiger partial charge >= 0.3 is 0 Å². The molecule has 1 atom stereocenters. The number of fused-ring (bicyclic) bond motifs is 1. The minimum Gasteiger partial charge on any atom is -0.492 e. The lowest BCUT2D eigenvalue weighted by atomic mass is 9.93. The molecule has 1 aliphatic heterocycles. The van der Waals surface area contributed by atoms with Crippen LogP contribution in [0.15, 0.2) is 30.5 Å². The Balaban J connectivity index is 1.24. The summed E-state index contributed by atoms with van der Waals surface area (Å²) < 4.78 is 11.5. The SMILES string of the molecule is CN(CCOc1cccc(CNC2CCCc3[nH]ncc32)c1)C1CCOCC1. The van der Waals surface area contributed by atoms with Gasteiger partial charge in [0.25, 0.3) is 0 Å². The van der Waals surface area contributed by atoms with E-state index < -0.39 is 0 Å². The molecule has 4 rings (SSSR count). The van der Waals surface area contributed by atoms with Gasteiger partial charge in [-0.05, 0) is 56.8 Å². The minimum atomic E-state index is 0.389. The van der Waals surface area contributed by atoms with Gasteiger partial charge in [-0.1, -0.05) is 12.1 Å². The van der Waals surface area contributed by atoms with Crippen molar-refractivity contribution in [2.45, 2.75) is 50.7 Å². The van der Waals surface area contributed by atoms with Crippen LogP contribution in [-0.4, -0.2) is 54.6 Å². The zero-order valence-corrected chi connectivity index (χ0v) is 16.8. The van der Waals surface area contributed by atoms with Crippen LogP contribution in [0.25, 0.3) is 0 Å². The summed E-state index contributed by atoms with van der Waals surface area (Å²) in [6, 6.07) is 9.45. The number of likely N-dealkylation sites (N-methyl/N-ethyl adjacent to an activating group) is 1. The summed E-state index contributed by atoms with van der Waals surface area (Å²) in [5, 5.41) is 11.0. The van der Waals surface area contributed by atoms with Crippen LogP contribution in [0.1, 0.15) is 48.5 Å². The van der Waals surface area contributed by atoms with Gasteiger partial charge in [-0.25, -0.2) is 0 Å². The average Bonchev–Trinajstić information content (AvgIpc) is 3.23. The predicted octanol–water partition coefficient (Wildman–Crippen LogP) is 3.07. The highest BCUT2D eigenvalue weighted by atomic mass is 16.5. The molecule has 28 heavy (non-hydrogen) atoms. The summed E-state index contributed by atoms with van der Waals surface area (Å²) in [5.74, 6) is 0.951. The van der Waals surface area contributed by atoms with Crippen LogP contribution >= 0.6 is 0 Å². The van der Waals surface area contributed by atoms with Gasteiger partial charge in [0.2, 0.25) is 0 Å². The van der Waals surface area contributed by atoms with Crippen LogP contribution < -0.4 is 10.1 Å². The highest BCUT2D eigenvalue weighted by Gasteiger charge is 2.21. The Morgan fingerprint density at radius 2 is 2.18 bits per heavy atom. The van der Waals surface area contributed by atoms with E-state index in [2.05, 4.69) is 45.7 Å². The van der Waals surface area contributed by atoms with Crippen molar-refractivity contribution in [3.05, 3.63) is 47.3 Å². The van der Waals surface area contributed by atoms with Crippen LogP contribution in [-0.2, 0) is 17.7 Å². The van der Waals surface area contributed by atoms with E-state index in [4.69, 9.17) is 9.47 Å². The molecule has 152 valence electrons. The monoisotopic (exact) mass is 384 g/mol. The lowest BCUT2D eigenvalue weighted by Gasteiger charge is -2.31. The third-order valence-electron chi connectivity index (χ3n) is 6.02. The van der Waals surface area contributed by atoms with Gasteiger partial charge in [-0.3, -0.25) is 10.00 Å². The molecule has 0 spiro atoms. The van der Waals surface area contributed by atoms with Crippen LogP contribution in [0.4, 0.5) is 0 Å². The van der Waals surface area contributed by atoms with Crippen molar-refractivity contribution in [3.63, 3.8) is 0 Å². The van der Waals surface area contributed by atoms with E-state index in [0.717, 1.165) is 51.3 Å². The summed E-state index contributed by atoms with van der Waals surface area (Å²) in [7, 11) is 2.19. The molecule has 1 aromatic heterocycles. The number of H-pyrrole nitrogens is 1. The molecule has 1 aromatic carbocycles. The summed E-state index contributed by atoms with van der Waals surface area (Å²) in [6.07, 6.45) is 7.70. The Hall–Kier alpha value is -1.89. The van der Waals surface area contributed by atoms with Crippen molar-refractivity contribution in [2.75, 3.05) is 33.4 Å². The molecule has 1 unspecified atom stereocenters. The van der Waals surface area contributed by atoms with Crippen LogP contribution in [0, 0.1) is 0 Å². The van der Waals surface area contributed by atoms with E-state index >= 15 is 0 Å². The van der Waals surface area contributed by atoms with Crippen LogP contribution in [0.2, 0.25) is 0 Å². The third-order valence-corrected chi connectivity index (χ3v) is 6.02. The highest BCUT2D eigenvalue weighted by molar-refractivity contribution is 5.29. The summed E-state index contributed by atoms with van der Waals surface area (Å²) in [5.41, 5.74) is 3.87. The van der Waals surface area contributed by atoms with Crippen molar-refractivity contribution in [1.82, 2.24) is 20.4 Å². The smallest absolute Gasteiger partial charge is 0.119 e. The normalized spacial score (nSPS) is 20.3. The van der Waals surface area contributed by atoms with Gasteiger partial charge < -0.3 is 14.8 Å². The zero-order chi connectivity index (χ0) is 19.2. The summed E-state index contributed by atoms with van der Waals surface area (Å²) in [6.45, 7) is 4.26. The maximum Gasteiger partial charge on any atom is 0.119 e. The van der Waals surface area contributed by atoms with E-state index in [1.807, 2.05) is 12.3 Å². The van der Waals surface area contributed by atoms with Gasteiger partial charge in [0.05, 0.1) is 6.20 Å². The number of aryl methyl sites for hydroxylation is 1. The quantitative estimate of drug-likeness (QED) is 0.732. The van der Waals surface area contributed by atoms with E-state index in [0.29, 0.717) is 18.7 Å². The van der Waals surface area contributed by atoms with E-state index in [-0.39, 0.29) is 0 Å². The number of nitrogens with one attached hydrogen (secondary N) is 2. The van der Waals surface area contributed by atoms with Crippen molar-refractivity contribution < 1.29 is 9.47 Å². The molecule has 6 nitrogen and oxygen atoms in total. The Kier molecular flexibility index (Phi) is 6.62. The molecular formula is C22H32N4O2. The van der Waals surface area contributed by atoms with Crippen LogP contribution in [0.3, 0.4) is 0 Å². The molecular weight excluding hydrogens is 352 g/mol. The lowest BCUT2D eigenvalue weighted by Crippen LogP contribution is -2.38. The fourth-order valence-corrected chi connectivity index (χ4v) is 4.28. The first kappa shape index (κ1) is 19.4. The first-order valence-corrected chi connectivity index (χ1v) is 10.5. The Morgan fingerprint density at radius 1 is 1.29 bits per heavy atom. The lowest BCUT2D eigenvalue weighted by molar-refractivity contribution is 0.0392. The Labute approximate surface area is 167 Å².